The molecule has 0 aromatic rings. The molecule has 0 spiro atoms. The highest BCUT2D eigenvalue weighted by molar-refractivity contribution is 5.81. The molecule has 5 heteroatoms. The van der Waals surface area contributed by atoms with Crippen molar-refractivity contribution in [1.82, 2.24) is 10.6 Å². The number of amides is 2. The Hall–Kier alpha value is -1.26. The number of nitrogens with one attached hydrogen (secondary N) is 2. The molecule has 1 aliphatic rings. The van der Waals surface area contributed by atoms with Gasteiger partial charge in [-0.3, -0.25) is 4.79 Å². The Kier molecular flexibility index (Phi) is 3.55. The average molecular weight is 214 g/mol. The van der Waals surface area contributed by atoms with Crippen LogP contribution in [0, 0.1) is 5.92 Å². The summed E-state index contributed by atoms with van der Waals surface area (Å²) < 4.78 is 5.05. The molecule has 15 heavy (non-hydrogen) atoms. The maximum atomic E-state index is 11.3. The molecule has 1 fully saturated rings. The van der Waals surface area contributed by atoms with Crippen molar-refractivity contribution in [2.24, 2.45) is 5.92 Å². The fourth-order valence-electron chi connectivity index (χ4n) is 1.36. The minimum Gasteiger partial charge on any atom is -0.444 e. The summed E-state index contributed by atoms with van der Waals surface area (Å²) in [6.07, 6.45) is 0.302. The first-order valence-electron chi connectivity index (χ1n) is 5.13. The largest absolute Gasteiger partial charge is 0.444 e. The van der Waals surface area contributed by atoms with E-state index in [9.17, 15) is 9.59 Å². The number of carbonyl (C=O) groups is 2. The summed E-state index contributed by atoms with van der Waals surface area (Å²) >= 11 is 0. The summed E-state index contributed by atoms with van der Waals surface area (Å²) in [5, 5.41) is 5.30. The molecule has 2 N–H and O–H groups in total. The van der Waals surface area contributed by atoms with Gasteiger partial charge in [-0.1, -0.05) is 0 Å². The third-order valence-corrected chi connectivity index (χ3v) is 2.05. The monoisotopic (exact) mass is 214 g/mol. The zero-order chi connectivity index (χ0) is 11.5. The van der Waals surface area contributed by atoms with Crippen LogP contribution in [0.4, 0.5) is 4.79 Å². The topological polar surface area (TPSA) is 67.4 Å². The first kappa shape index (κ1) is 11.8. The Balaban J connectivity index is 2.25. The molecule has 5 nitrogen and oxygen atoms in total. The van der Waals surface area contributed by atoms with Crippen LogP contribution in [0.5, 0.6) is 0 Å². The molecule has 0 saturated carbocycles. The van der Waals surface area contributed by atoms with Crippen molar-refractivity contribution in [1.29, 1.82) is 0 Å². The van der Waals surface area contributed by atoms with Gasteiger partial charge in [0.15, 0.2) is 0 Å². The Labute approximate surface area is 89.6 Å². The van der Waals surface area contributed by atoms with Gasteiger partial charge in [0.2, 0.25) is 5.91 Å². The van der Waals surface area contributed by atoms with Crippen molar-refractivity contribution in [3.63, 3.8) is 0 Å². The molecule has 0 aliphatic carbocycles. The third-order valence-electron chi connectivity index (χ3n) is 2.05. The van der Waals surface area contributed by atoms with Gasteiger partial charge in [-0.15, -0.1) is 0 Å². The van der Waals surface area contributed by atoms with Crippen molar-refractivity contribution in [2.75, 3.05) is 13.1 Å². The number of alkyl carbamates (subject to hydrolysis) is 1. The van der Waals surface area contributed by atoms with Crippen molar-refractivity contribution in [3.05, 3.63) is 0 Å². The van der Waals surface area contributed by atoms with E-state index in [4.69, 9.17) is 4.74 Å². The van der Waals surface area contributed by atoms with Crippen LogP contribution in [0.1, 0.15) is 27.2 Å². The molecule has 0 bridgehead atoms. The Bertz CT molecular complexity index is 258. The second-order valence-corrected chi connectivity index (χ2v) is 4.66. The second-order valence-electron chi connectivity index (χ2n) is 4.66. The summed E-state index contributed by atoms with van der Waals surface area (Å²) in [6, 6.07) is 0. The lowest BCUT2D eigenvalue weighted by Crippen LogP contribution is -2.37. The lowest BCUT2D eigenvalue weighted by atomic mass is 10.1. The van der Waals surface area contributed by atoms with Crippen LogP contribution in [0.2, 0.25) is 0 Å². The van der Waals surface area contributed by atoms with Gasteiger partial charge in [0.1, 0.15) is 5.60 Å². The molecular weight excluding hydrogens is 196 g/mol. The fourth-order valence-corrected chi connectivity index (χ4v) is 1.36. The van der Waals surface area contributed by atoms with E-state index < -0.39 is 11.7 Å². The second kappa shape index (κ2) is 4.51. The Morgan fingerprint density at radius 3 is 2.73 bits per heavy atom. The van der Waals surface area contributed by atoms with Gasteiger partial charge >= 0.3 is 6.09 Å². The SMILES string of the molecule is CC(C)(C)OC(=O)NC[C@@H]1CCNC1=O. The van der Waals surface area contributed by atoms with E-state index in [1.54, 1.807) is 20.8 Å². The molecule has 2 amide bonds. The van der Waals surface area contributed by atoms with Gasteiger partial charge in [0.05, 0.1) is 5.92 Å². The van der Waals surface area contributed by atoms with Crippen LogP contribution in [0.3, 0.4) is 0 Å². The number of hydrogen-bond acceptors (Lipinski definition) is 3. The lowest BCUT2D eigenvalue weighted by Gasteiger charge is -2.20. The number of rotatable bonds is 2. The van der Waals surface area contributed by atoms with Gasteiger partial charge < -0.3 is 15.4 Å². The standard InChI is InChI=1S/C10H18N2O3/c1-10(2,3)15-9(14)12-6-7-4-5-11-8(7)13/h7H,4-6H2,1-3H3,(H,11,13)(H,12,14)/t7-/m0/s1. The van der Waals surface area contributed by atoms with Gasteiger partial charge in [-0.2, -0.15) is 0 Å². The van der Waals surface area contributed by atoms with Crippen LogP contribution in [0.15, 0.2) is 0 Å². The molecule has 1 aliphatic heterocycles. The molecule has 86 valence electrons. The van der Waals surface area contributed by atoms with Crippen molar-refractivity contribution < 1.29 is 14.3 Å². The van der Waals surface area contributed by atoms with Crippen LogP contribution in [-0.2, 0) is 9.53 Å². The van der Waals surface area contributed by atoms with Crippen LogP contribution in [-0.4, -0.2) is 30.7 Å². The lowest BCUT2D eigenvalue weighted by molar-refractivity contribution is -0.122. The summed E-state index contributed by atoms with van der Waals surface area (Å²) in [5.74, 6) is -0.108. The molecule has 1 atom stereocenters. The zero-order valence-electron chi connectivity index (χ0n) is 9.42. The predicted octanol–water partition coefficient (Wildman–Crippen LogP) is 0.647. The zero-order valence-corrected chi connectivity index (χ0v) is 9.42. The van der Waals surface area contributed by atoms with Crippen molar-refractivity contribution in [2.45, 2.75) is 32.8 Å². The predicted molar refractivity (Wildman–Crippen MR) is 55.4 cm³/mol. The van der Waals surface area contributed by atoms with Crippen molar-refractivity contribution >= 4 is 12.0 Å². The van der Waals surface area contributed by atoms with Crippen LogP contribution >= 0.6 is 0 Å². The number of hydrogen-bond donors (Lipinski definition) is 2. The van der Waals surface area contributed by atoms with Gasteiger partial charge in [0, 0.05) is 13.1 Å². The maximum Gasteiger partial charge on any atom is 0.407 e. The first-order chi connectivity index (χ1) is 6.88. The summed E-state index contributed by atoms with van der Waals surface area (Å²) in [4.78, 5) is 22.4. The van der Waals surface area contributed by atoms with Gasteiger partial charge in [0.25, 0.3) is 0 Å². The summed E-state index contributed by atoms with van der Waals surface area (Å²) in [7, 11) is 0. The Morgan fingerprint density at radius 2 is 2.27 bits per heavy atom. The van der Waals surface area contributed by atoms with E-state index >= 15 is 0 Å². The molecule has 0 aromatic heterocycles. The normalized spacial score (nSPS) is 21.0. The summed E-state index contributed by atoms with van der Waals surface area (Å²) in [6.45, 7) is 6.44. The van der Waals surface area contributed by atoms with E-state index in [-0.39, 0.29) is 11.8 Å². The Morgan fingerprint density at radius 1 is 1.60 bits per heavy atom. The van der Waals surface area contributed by atoms with E-state index in [0.717, 1.165) is 6.42 Å². The van der Waals surface area contributed by atoms with E-state index in [0.29, 0.717) is 13.1 Å². The molecule has 0 radical (unpaired) electrons. The molecule has 1 heterocycles. The minimum absolute atomic E-state index is 0.00561. The van der Waals surface area contributed by atoms with Crippen molar-refractivity contribution in [3.8, 4) is 0 Å². The fraction of sp³-hybridized carbons (Fsp3) is 0.800. The maximum absolute atomic E-state index is 11.3. The summed E-state index contributed by atoms with van der Waals surface area (Å²) in [5.41, 5.74) is -0.498. The van der Waals surface area contributed by atoms with Crippen LogP contribution in [0.25, 0.3) is 0 Å². The molecule has 1 rings (SSSR count). The third kappa shape index (κ3) is 4.18. The van der Waals surface area contributed by atoms with Crippen LogP contribution < -0.4 is 10.6 Å². The van der Waals surface area contributed by atoms with E-state index in [2.05, 4.69) is 10.6 Å². The number of carbonyl (C=O) groups excluding carboxylic acids is 2. The highest BCUT2D eigenvalue weighted by atomic mass is 16.6. The molecular formula is C10H18N2O3. The van der Waals surface area contributed by atoms with Gasteiger partial charge in [-0.25, -0.2) is 4.79 Å². The van der Waals surface area contributed by atoms with E-state index in [1.165, 1.54) is 0 Å². The van der Waals surface area contributed by atoms with Gasteiger partial charge in [-0.05, 0) is 27.2 Å². The highest BCUT2D eigenvalue weighted by Crippen LogP contribution is 2.09. The molecule has 0 aromatic carbocycles. The number of ether oxygens (including phenoxy) is 1. The smallest absolute Gasteiger partial charge is 0.407 e. The quantitative estimate of drug-likeness (QED) is 0.709. The van der Waals surface area contributed by atoms with E-state index in [1.807, 2.05) is 0 Å². The molecule has 1 saturated heterocycles. The average Bonchev–Trinajstić information content (AvgIpc) is 2.44. The first-order valence-corrected chi connectivity index (χ1v) is 5.13. The minimum atomic E-state index is -0.498. The highest BCUT2D eigenvalue weighted by Gasteiger charge is 2.25. The molecule has 0 unspecified atom stereocenters.